The first-order valence-electron chi connectivity index (χ1n) is 7.08. The SMILES string of the molecule is CCOc1ccc2c(c1)C(=O)NC(c1cnn(CC)c1)N2. The Morgan fingerprint density at radius 2 is 2.19 bits per heavy atom. The van der Waals surface area contributed by atoms with Crippen LogP contribution in [-0.2, 0) is 6.54 Å². The van der Waals surface area contributed by atoms with Crippen molar-refractivity contribution in [2.24, 2.45) is 0 Å². The lowest BCUT2D eigenvalue weighted by Crippen LogP contribution is -2.38. The Hall–Kier alpha value is -2.50. The number of ether oxygens (including phenoxy) is 1. The molecule has 1 aliphatic rings. The molecule has 1 aromatic carbocycles. The number of carbonyl (C=O) groups excluding carboxylic acids is 1. The van der Waals surface area contributed by atoms with Gasteiger partial charge in [-0.15, -0.1) is 0 Å². The van der Waals surface area contributed by atoms with E-state index in [1.165, 1.54) is 0 Å². The smallest absolute Gasteiger partial charge is 0.255 e. The first-order chi connectivity index (χ1) is 10.2. The van der Waals surface area contributed by atoms with E-state index in [0.717, 1.165) is 17.8 Å². The van der Waals surface area contributed by atoms with Gasteiger partial charge in [-0.2, -0.15) is 5.10 Å². The van der Waals surface area contributed by atoms with E-state index in [1.807, 2.05) is 36.9 Å². The quantitative estimate of drug-likeness (QED) is 0.903. The third-order valence-corrected chi connectivity index (χ3v) is 3.43. The Morgan fingerprint density at radius 3 is 2.90 bits per heavy atom. The van der Waals surface area contributed by atoms with E-state index in [0.29, 0.717) is 17.9 Å². The predicted octanol–water partition coefficient (Wildman–Crippen LogP) is 2.16. The second-order valence-corrected chi connectivity index (χ2v) is 4.82. The summed E-state index contributed by atoms with van der Waals surface area (Å²) in [6.07, 6.45) is 3.43. The Balaban J connectivity index is 1.86. The highest BCUT2D eigenvalue weighted by Gasteiger charge is 2.25. The molecular formula is C15H18N4O2. The molecule has 1 amide bonds. The number of anilines is 1. The molecule has 0 bridgehead atoms. The number of benzene rings is 1. The van der Waals surface area contributed by atoms with Gasteiger partial charge in [0.05, 0.1) is 18.4 Å². The maximum atomic E-state index is 12.3. The van der Waals surface area contributed by atoms with E-state index in [2.05, 4.69) is 15.7 Å². The van der Waals surface area contributed by atoms with Crippen molar-refractivity contribution in [2.45, 2.75) is 26.6 Å². The molecule has 2 N–H and O–H groups in total. The average Bonchev–Trinajstić information content (AvgIpc) is 2.97. The van der Waals surface area contributed by atoms with Crippen LogP contribution in [0.5, 0.6) is 5.75 Å². The van der Waals surface area contributed by atoms with Crippen molar-refractivity contribution in [3.8, 4) is 5.75 Å². The minimum atomic E-state index is -0.261. The molecule has 1 aliphatic heterocycles. The summed E-state index contributed by atoms with van der Waals surface area (Å²) in [7, 11) is 0. The van der Waals surface area contributed by atoms with E-state index < -0.39 is 0 Å². The fraction of sp³-hybridized carbons (Fsp3) is 0.333. The van der Waals surface area contributed by atoms with E-state index in [4.69, 9.17) is 4.74 Å². The van der Waals surface area contributed by atoms with Crippen molar-refractivity contribution >= 4 is 11.6 Å². The molecule has 0 aliphatic carbocycles. The van der Waals surface area contributed by atoms with Crippen LogP contribution in [0.15, 0.2) is 30.6 Å². The Morgan fingerprint density at radius 1 is 1.33 bits per heavy atom. The Bertz CT molecular complexity index is 665. The first kappa shape index (κ1) is 13.5. The lowest BCUT2D eigenvalue weighted by molar-refractivity contribution is 0.0935. The number of amides is 1. The maximum Gasteiger partial charge on any atom is 0.255 e. The number of hydrogen-bond donors (Lipinski definition) is 2. The highest BCUT2D eigenvalue weighted by Crippen LogP contribution is 2.29. The van der Waals surface area contributed by atoms with Crippen molar-refractivity contribution in [3.05, 3.63) is 41.7 Å². The zero-order valence-corrected chi connectivity index (χ0v) is 12.1. The predicted molar refractivity (Wildman–Crippen MR) is 79.3 cm³/mol. The van der Waals surface area contributed by atoms with Crippen LogP contribution >= 0.6 is 0 Å². The van der Waals surface area contributed by atoms with Gasteiger partial charge in [0.25, 0.3) is 5.91 Å². The zero-order valence-electron chi connectivity index (χ0n) is 12.1. The Kier molecular flexibility index (Phi) is 3.51. The topological polar surface area (TPSA) is 68.2 Å². The van der Waals surface area contributed by atoms with Crippen molar-refractivity contribution in [3.63, 3.8) is 0 Å². The standard InChI is InChI=1S/C15H18N4O2/c1-3-19-9-10(8-16-19)14-17-13-6-5-11(21-4-2)7-12(13)15(20)18-14/h5-9,14,17H,3-4H2,1-2H3,(H,18,20). The summed E-state index contributed by atoms with van der Waals surface area (Å²) in [6, 6.07) is 5.49. The van der Waals surface area contributed by atoms with Gasteiger partial charge in [-0.1, -0.05) is 0 Å². The number of nitrogens with zero attached hydrogens (tertiary/aromatic N) is 2. The van der Waals surface area contributed by atoms with Crippen molar-refractivity contribution < 1.29 is 9.53 Å². The second-order valence-electron chi connectivity index (χ2n) is 4.82. The molecule has 0 fully saturated rings. The van der Waals surface area contributed by atoms with Crippen LogP contribution in [0.3, 0.4) is 0 Å². The lowest BCUT2D eigenvalue weighted by Gasteiger charge is -2.27. The van der Waals surface area contributed by atoms with Gasteiger partial charge < -0.3 is 15.4 Å². The van der Waals surface area contributed by atoms with Crippen LogP contribution in [0.1, 0.15) is 35.9 Å². The van der Waals surface area contributed by atoms with Crippen molar-refractivity contribution in [2.75, 3.05) is 11.9 Å². The molecule has 0 saturated carbocycles. The number of fused-ring (bicyclic) bond motifs is 1. The van der Waals surface area contributed by atoms with Gasteiger partial charge in [0.2, 0.25) is 0 Å². The lowest BCUT2D eigenvalue weighted by atomic mass is 10.1. The number of hydrogen-bond acceptors (Lipinski definition) is 4. The third-order valence-electron chi connectivity index (χ3n) is 3.43. The van der Waals surface area contributed by atoms with Gasteiger partial charge in [-0.3, -0.25) is 9.48 Å². The average molecular weight is 286 g/mol. The maximum absolute atomic E-state index is 12.3. The molecule has 1 atom stereocenters. The van der Waals surface area contributed by atoms with Crippen LogP contribution in [0.4, 0.5) is 5.69 Å². The molecule has 1 aromatic heterocycles. The summed E-state index contributed by atoms with van der Waals surface area (Å²) in [5.41, 5.74) is 2.33. The summed E-state index contributed by atoms with van der Waals surface area (Å²) in [5, 5.41) is 10.5. The molecule has 2 heterocycles. The van der Waals surface area contributed by atoms with Crippen LogP contribution < -0.4 is 15.4 Å². The zero-order chi connectivity index (χ0) is 14.8. The van der Waals surface area contributed by atoms with Crippen LogP contribution in [0.2, 0.25) is 0 Å². The molecule has 6 nitrogen and oxygen atoms in total. The number of carbonyl (C=O) groups is 1. The number of aryl methyl sites for hydroxylation is 1. The fourth-order valence-corrected chi connectivity index (χ4v) is 2.36. The molecule has 0 saturated heterocycles. The van der Waals surface area contributed by atoms with E-state index >= 15 is 0 Å². The number of rotatable bonds is 4. The first-order valence-corrected chi connectivity index (χ1v) is 7.08. The molecular weight excluding hydrogens is 268 g/mol. The monoisotopic (exact) mass is 286 g/mol. The molecule has 2 aromatic rings. The van der Waals surface area contributed by atoms with Crippen molar-refractivity contribution in [1.82, 2.24) is 15.1 Å². The van der Waals surface area contributed by atoms with Crippen LogP contribution in [0.25, 0.3) is 0 Å². The second kappa shape index (κ2) is 5.47. The van der Waals surface area contributed by atoms with Gasteiger partial charge in [-0.05, 0) is 32.0 Å². The van der Waals surface area contributed by atoms with E-state index in [9.17, 15) is 4.79 Å². The number of nitrogens with one attached hydrogen (secondary N) is 2. The molecule has 21 heavy (non-hydrogen) atoms. The van der Waals surface area contributed by atoms with Gasteiger partial charge in [0.15, 0.2) is 0 Å². The van der Waals surface area contributed by atoms with E-state index in [1.54, 1.807) is 12.3 Å². The summed E-state index contributed by atoms with van der Waals surface area (Å²) < 4.78 is 7.26. The minimum Gasteiger partial charge on any atom is -0.494 e. The van der Waals surface area contributed by atoms with E-state index in [-0.39, 0.29) is 12.1 Å². The van der Waals surface area contributed by atoms with Crippen LogP contribution in [0, 0.1) is 0 Å². The van der Waals surface area contributed by atoms with Gasteiger partial charge in [0.1, 0.15) is 11.9 Å². The minimum absolute atomic E-state index is 0.112. The molecule has 110 valence electrons. The summed E-state index contributed by atoms with van der Waals surface area (Å²) in [6.45, 7) is 5.31. The summed E-state index contributed by atoms with van der Waals surface area (Å²) in [4.78, 5) is 12.3. The van der Waals surface area contributed by atoms with Gasteiger partial charge in [-0.25, -0.2) is 0 Å². The van der Waals surface area contributed by atoms with Crippen molar-refractivity contribution in [1.29, 1.82) is 0 Å². The Labute approximate surface area is 123 Å². The summed E-state index contributed by atoms with van der Waals surface area (Å²) >= 11 is 0. The highest BCUT2D eigenvalue weighted by atomic mass is 16.5. The summed E-state index contributed by atoms with van der Waals surface area (Å²) in [5.74, 6) is 0.588. The largest absolute Gasteiger partial charge is 0.494 e. The molecule has 0 spiro atoms. The molecule has 1 unspecified atom stereocenters. The highest BCUT2D eigenvalue weighted by molar-refractivity contribution is 6.02. The fourth-order valence-electron chi connectivity index (χ4n) is 2.36. The number of aromatic nitrogens is 2. The third kappa shape index (κ3) is 2.56. The molecule has 6 heteroatoms. The van der Waals surface area contributed by atoms with Crippen LogP contribution in [-0.4, -0.2) is 22.3 Å². The normalized spacial score (nSPS) is 16.9. The molecule has 3 rings (SSSR count). The van der Waals surface area contributed by atoms with Gasteiger partial charge >= 0.3 is 0 Å². The van der Waals surface area contributed by atoms with Gasteiger partial charge in [0, 0.05) is 24.0 Å². The molecule has 0 radical (unpaired) electrons.